The first-order valence-electron chi connectivity index (χ1n) is 9.21. The minimum atomic E-state index is -0.0522. The fourth-order valence-electron chi connectivity index (χ4n) is 3.32. The van der Waals surface area contributed by atoms with Gasteiger partial charge in [0.1, 0.15) is 0 Å². The summed E-state index contributed by atoms with van der Waals surface area (Å²) in [4.78, 5) is 0. The van der Waals surface area contributed by atoms with E-state index in [1.54, 1.807) is 0 Å². The third kappa shape index (κ3) is 3.74. The average Bonchev–Trinajstić information content (AvgIpc) is 3.35. The SMILES string of the molecule is C=C(C)C(=C)C(C)(C)C(C)(C)c1ccc(C(=C)CCC2CC2)cc1. The highest BCUT2D eigenvalue weighted by Gasteiger charge is 2.40. The molecule has 0 heterocycles. The van der Waals surface area contributed by atoms with Crippen LogP contribution >= 0.6 is 0 Å². The first kappa shape index (κ1) is 18.8. The van der Waals surface area contributed by atoms with E-state index in [0.29, 0.717) is 0 Å². The van der Waals surface area contributed by atoms with E-state index in [4.69, 9.17) is 0 Å². The fourth-order valence-corrected chi connectivity index (χ4v) is 3.32. The van der Waals surface area contributed by atoms with Crippen LogP contribution in [-0.4, -0.2) is 0 Å². The van der Waals surface area contributed by atoms with Gasteiger partial charge in [-0.2, -0.15) is 0 Å². The molecule has 0 radical (unpaired) electrons. The molecule has 0 N–H and O–H groups in total. The highest BCUT2D eigenvalue weighted by atomic mass is 14.4. The van der Waals surface area contributed by atoms with Gasteiger partial charge in [0, 0.05) is 0 Å². The van der Waals surface area contributed by atoms with Gasteiger partial charge in [-0.3, -0.25) is 0 Å². The number of hydrogen-bond donors (Lipinski definition) is 0. The molecule has 0 aliphatic heterocycles. The van der Waals surface area contributed by atoms with Crippen molar-refractivity contribution in [2.75, 3.05) is 0 Å². The van der Waals surface area contributed by atoms with E-state index in [-0.39, 0.29) is 10.8 Å². The van der Waals surface area contributed by atoms with E-state index in [2.05, 4.69) is 71.7 Å². The smallest absolute Gasteiger partial charge is 0.00122 e. The van der Waals surface area contributed by atoms with Gasteiger partial charge in [-0.25, -0.2) is 0 Å². The lowest BCUT2D eigenvalue weighted by molar-refractivity contribution is 0.253. The largest absolute Gasteiger partial charge is 0.0958 e. The summed E-state index contributed by atoms with van der Waals surface area (Å²) >= 11 is 0. The average molecular weight is 323 g/mol. The first-order chi connectivity index (χ1) is 11.1. The Morgan fingerprint density at radius 3 is 2.00 bits per heavy atom. The molecule has 0 saturated heterocycles. The summed E-state index contributed by atoms with van der Waals surface area (Å²) in [5.74, 6) is 0.967. The maximum absolute atomic E-state index is 4.30. The van der Waals surface area contributed by atoms with E-state index >= 15 is 0 Å². The molecule has 1 aromatic rings. The van der Waals surface area contributed by atoms with Gasteiger partial charge >= 0.3 is 0 Å². The molecule has 0 unspecified atom stereocenters. The predicted octanol–water partition coefficient (Wildman–Crippen LogP) is 7.33. The van der Waals surface area contributed by atoms with Crippen LogP contribution in [-0.2, 0) is 5.41 Å². The van der Waals surface area contributed by atoms with Gasteiger partial charge < -0.3 is 0 Å². The second kappa shape index (κ2) is 6.75. The van der Waals surface area contributed by atoms with Crippen LogP contribution in [0.1, 0.15) is 71.4 Å². The van der Waals surface area contributed by atoms with Crippen molar-refractivity contribution in [2.45, 2.75) is 65.7 Å². The van der Waals surface area contributed by atoms with Crippen molar-refractivity contribution in [2.24, 2.45) is 11.3 Å². The van der Waals surface area contributed by atoms with Crippen molar-refractivity contribution < 1.29 is 0 Å². The maximum Gasteiger partial charge on any atom is -0.00122 e. The van der Waals surface area contributed by atoms with Crippen LogP contribution in [0.15, 0.2) is 55.1 Å². The molecule has 0 bridgehead atoms. The lowest BCUT2D eigenvalue weighted by atomic mass is 9.60. The first-order valence-corrected chi connectivity index (χ1v) is 9.21. The van der Waals surface area contributed by atoms with Crippen molar-refractivity contribution in [3.8, 4) is 0 Å². The van der Waals surface area contributed by atoms with Crippen LogP contribution in [0.2, 0.25) is 0 Å². The maximum atomic E-state index is 4.30. The number of benzene rings is 1. The van der Waals surface area contributed by atoms with E-state index in [1.807, 2.05) is 6.92 Å². The van der Waals surface area contributed by atoms with E-state index in [9.17, 15) is 0 Å². The molecule has 0 nitrogen and oxygen atoms in total. The molecule has 0 spiro atoms. The quantitative estimate of drug-likeness (QED) is 0.440. The van der Waals surface area contributed by atoms with Gasteiger partial charge in [-0.1, -0.05) is 90.1 Å². The molecule has 1 saturated carbocycles. The number of hydrogen-bond acceptors (Lipinski definition) is 0. The van der Waals surface area contributed by atoms with Crippen molar-refractivity contribution in [1.82, 2.24) is 0 Å². The van der Waals surface area contributed by atoms with Gasteiger partial charge in [0.25, 0.3) is 0 Å². The van der Waals surface area contributed by atoms with Crippen LogP contribution in [0.4, 0.5) is 0 Å². The summed E-state index contributed by atoms with van der Waals surface area (Å²) in [6, 6.07) is 9.02. The predicted molar refractivity (Wildman–Crippen MR) is 108 cm³/mol. The molecule has 0 heteroatoms. The zero-order chi connectivity index (χ0) is 18.1. The lowest BCUT2D eigenvalue weighted by Gasteiger charge is -2.44. The molecule has 1 fully saturated rings. The number of allylic oxidation sites excluding steroid dienone is 3. The Morgan fingerprint density at radius 2 is 1.54 bits per heavy atom. The summed E-state index contributed by atoms with van der Waals surface area (Å²) in [5, 5.41) is 0. The van der Waals surface area contributed by atoms with Crippen LogP contribution in [0.3, 0.4) is 0 Å². The van der Waals surface area contributed by atoms with E-state index < -0.39 is 0 Å². The second-order valence-corrected chi connectivity index (χ2v) is 8.67. The second-order valence-electron chi connectivity index (χ2n) is 8.67. The van der Waals surface area contributed by atoms with Gasteiger partial charge in [0.05, 0.1) is 0 Å². The molecular formula is C24H34. The highest BCUT2D eigenvalue weighted by Crippen LogP contribution is 2.47. The fraction of sp³-hybridized carbons (Fsp3) is 0.500. The lowest BCUT2D eigenvalue weighted by Crippen LogP contribution is -2.38. The van der Waals surface area contributed by atoms with Gasteiger partial charge in [-0.15, -0.1) is 0 Å². The highest BCUT2D eigenvalue weighted by molar-refractivity contribution is 5.63. The van der Waals surface area contributed by atoms with Crippen LogP contribution < -0.4 is 0 Å². The van der Waals surface area contributed by atoms with Crippen molar-refractivity contribution >= 4 is 5.57 Å². The third-order valence-electron chi connectivity index (χ3n) is 6.40. The zero-order valence-corrected chi connectivity index (χ0v) is 16.3. The van der Waals surface area contributed by atoms with Crippen molar-refractivity contribution in [1.29, 1.82) is 0 Å². The Hall–Kier alpha value is -1.56. The molecule has 24 heavy (non-hydrogen) atoms. The molecule has 0 amide bonds. The summed E-state index contributed by atoms with van der Waals surface area (Å²) in [6.45, 7) is 23.9. The summed E-state index contributed by atoms with van der Waals surface area (Å²) < 4.78 is 0. The standard InChI is InChI=1S/C24H34/c1-17(2)19(4)23(5,6)24(7,8)22-15-13-21(14-16-22)18(3)9-10-20-11-12-20/h13-16,20H,1,3-4,9-12H2,2,5-8H3. The summed E-state index contributed by atoms with van der Waals surface area (Å²) in [7, 11) is 0. The topological polar surface area (TPSA) is 0 Å². The number of rotatable bonds is 8. The molecular weight excluding hydrogens is 288 g/mol. The van der Waals surface area contributed by atoms with Crippen molar-refractivity contribution in [3.05, 3.63) is 66.3 Å². The molecule has 130 valence electrons. The minimum absolute atomic E-state index is 0.0170. The zero-order valence-electron chi connectivity index (χ0n) is 16.3. The molecule has 1 aliphatic carbocycles. The molecule has 1 aliphatic rings. The summed E-state index contributed by atoms with van der Waals surface area (Å²) in [6.07, 6.45) is 5.27. The van der Waals surface area contributed by atoms with Crippen molar-refractivity contribution in [3.63, 3.8) is 0 Å². The van der Waals surface area contributed by atoms with E-state index in [0.717, 1.165) is 23.5 Å². The van der Waals surface area contributed by atoms with Crippen LogP contribution in [0, 0.1) is 11.3 Å². The van der Waals surface area contributed by atoms with Gasteiger partial charge in [0.2, 0.25) is 0 Å². The Bertz CT molecular complexity index is 633. The van der Waals surface area contributed by atoms with Gasteiger partial charge in [0.15, 0.2) is 0 Å². The van der Waals surface area contributed by atoms with Crippen LogP contribution in [0.25, 0.3) is 5.57 Å². The Balaban J connectivity index is 2.17. The summed E-state index contributed by atoms with van der Waals surface area (Å²) in [5.41, 5.74) is 6.03. The third-order valence-corrected chi connectivity index (χ3v) is 6.40. The minimum Gasteiger partial charge on any atom is -0.0958 e. The molecule has 2 rings (SSSR count). The Labute approximate surface area is 149 Å². The normalized spacial score (nSPS) is 15.2. The Kier molecular flexibility index (Phi) is 5.28. The monoisotopic (exact) mass is 322 g/mol. The molecule has 0 aromatic heterocycles. The Morgan fingerprint density at radius 1 is 1.00 bits per heavy atom. The van der Waals surface area contributed by atoms with E-state index in [1.165, 1.54) is 36.0 Å². The molecule has 1 aromatic carbocycles. The van der Waals surface area contributed by atoms with Crippen LogP contribution in [0.5, 0.6) is 0 Å². The van der Waals surface area contributed by atoms with Gasteiger partial charge in [-0.05, 0) is 58.8 Å². The molecule has 0 atom stereocenters.